The number of carbonyl (C=O) groups is 2. The van der Waals surface area contributed by atoms with Gasteiger partial charge >= 0.3 is 0 Å². The van der Waals surface area contributed by atoms with Gasteiger partial charge < -0.3 is 20.1 Å². The fourth-order valence-corrected chi connectivity index (χ4v) is 3.66. The van der Waals surface area contributed by atoms with Crippen LogP contribution in [0, 0.1) is 6.92 Å². The van der Waals surface area contributed by atoms with Crippen molar-refractivity contribution in [3.05, 3.63) is 52.0 Å². The first kappa shape index (κ1) is 23.1. The summed E-state index contributed by atoms with van der Waals surface area (Å²) in [6.07, 6.45) is 2.47. The van der Waals surface area contributed by atoms with E-state index in [2.05, 4.69) is 26.6 Å². The van der Waals surface area contributed by atoms with Crippen molar-refractivity contribution in [1.82, 2.24) is 5.32 Å². The van der Waals surface area contributed by atoms with Gasteiger partial charge in [0.1, 0.15) is 6.04 Å². The maximum atomic E-state index is 13.0. The van der Waals surface area contributed by atoms with E-state index in [1.54, 1.807) is 49.2 Å². The Labute approximate surface area is 183 Å². The maximum Gasteiger partial charge on any atom is 0.253 e. The molecular formula is C21H25BrN2O4S. The van der Waals surface area contributed by atoms with Crippen molar-refractivity contribution >= 4 is 45.2 Å². The second kappa shape index (κ2) is 11.1. The number of ether oxygens (including phenoxy) is 2. The number of hydrogen-bond donors (Lipinski definition) is 2. The van der Waals surface area contributed by atoms with Crippen LogP contribution in [0.25, 0.3) is 0 Å². The molecule has 0 radical (unpaired) electrons. The summed E-state index contributed by atoms with van der Waals surface area (Å²) in [6.45, 7) is 1.87. The minimum absolute atomic E-state index is 0.283. The number of halogens is 1. The smallest absolute Gasteiger partial charge is 0.253 e. The van der Waals surface area contributed by atoms with E-state index in [0.717, 1.165) is 11.3 Å². The zero-order chi connectivity index (χ0) is 21.4. The zero-order valence-corrected chi connectivity index (χ0v) is 19.3. The van der Waals surface area contributed by atoms with E-state index in [1.807, 2.05) is 19.2 Å². The van der Waals surface area contributed by atoms with Crippen molar-refractivity contribution < 1.29 is 19.1 Å². The summed E-state index contributed by atoms with van der Waals surface area (Å²) in [7, 11) is 3.10. The molecular weight excluding hydrogens is 456 g/mol. The molecule has 2 N–H and O–H groups in total. The van der Waals surface area contributed by atoms with Crippen LogP contribution in [-0.4, -0.2) is 44.1 Å². The SMILES string of the molecule is COc1cc(C)c(NC(=O)C(CCSC)NC(=O)c2ccccc2Br)cc1OC. The number of anilines is 1. The molecule has 2 aromatic rings. The number of nitrogens with one attached hydrogen (secondary N) is 2. The van der Waals surface area contributed by atoms with E-state index < -0.39 is 6.04 Å². The lowest BCUT2D eigenvalue weighted by Crippen LogP contribution is -2.44. The molecule has 0 aliphatic rings. The average Bonchev–Trinajstić information content (AvgIpc) is 2.72. The second-order valence-corrected chi connectivity index (χ2v) is 8.14. The average molecular weight is 481 g/mol. The molecule has 2 rings (SSSR count). The Bertz CT molecular complexity index is 876. The monoisotopic (exact) mass is 480 g/mol. The molecule has 1 atom stereocenters. The molecule has 8 heteroatoms. The molecule has 2 aromatic carbocycles. The molecule has 0 saturated carbocycles. The van der Waals surface area contributed by atoms with Gasteiger partial charge in [-0.2, -0.15) is 11.8 Å². The molecule has 0 saturated heterocycles. The highest BCUT2D eigenvalue weighted by Gasteiger charge is 2.23. The van der Waals surface area contributed by atoms with Crippen LogP contribution in [0.3, 0.4) is 0 Å². The number of amides is 2. The van der Waals surface area contributed by atoms with E-state index in [-0.39, 0.29) is 11.8 Å². The van der Waals surface area contributed by atoms with Gasteiger partial charge in [-0.05, 0) is 65.0 Å². The largest absolute Gasteiger partial charge is 0.493 e. The van der Waals surface area contributed by atoms with Crippen molar-refractivity contribution in [1.29, 1.82) is 0 Å². The minimum atomic E-state index is -0.672. The number of rotatable bonds is 9. The van der Waals surface area contributed by atoms with Gasteiger partial charge in [-0.1, -0.05) is 12.1 Å². The lowest BCUT2D eigenvalue weighted by Gasteiger charge is -2.20. The fourth-order valence-electron chi connectivity index (χ4n) is 2.72. The van der Waals surface area contributed by atoms with Crippen LogP contribution in [0.5, 0.6) is 11.5 Å². The van der Waals surface area contributed by atoms with Crippen molar-refractivity contribution in [3.8, 4) is 11.5 Å². The first-order valence-corrected chi connectivity index (χ1v) is 11.2. The zero-order valence-electron chi connectivity index (χ0n) is 16.9. The lowest BCUT2D eigenvalue weighted by atomic mass is 10.1. The van der Waals surface area contributed by atoms with E-state index >= 15 is 0 Å². The molecule has 0 aliphatic heterocycles. The summed E-state index contributed by atoms with van der Waals surface area (Å²) < 4.78 is 11.3. The molecule has 6 nitrogen and oxygen atoms in total. The highest BCUT2D eigenvalue weighted by molar-refractivity contribution is 9.10. The summed E-state index contributed by atoms with van der Waals surface area (Å²) >= 11 is 4.99. The second-order valence-electron chi connectivity index (χ2n) is 6.30. The summed E-state index contributed by atoms with van der Waals surface area (Å²) in [5.74, 6) is 1.26. The fraction of sp³-hybridized carbons (Fsp3) is 0.333. The van der Waals surface area contributed by atoms with Crippen LogP contribution in [0.15, 0.2) is 40.9 Å². The van der Waals surface area contributed by atoms with Crippen molar-refractivity contribution in [2.45, 2.75) is 19.4 Å². The van der Waals surface area contributed by atoms with Crippen molar-refractivity contribution in [2.75, 3.05) is 31.5 Å². The van der Waals surface area contributed by atoms with E-state index in [9.17, 15) is 9.59 Å². The van der Waals surface area contributed by atoms with Gasteiger partial charge in [-0.3, -0.25) is 9.59 Å². The third-order valence-electron chi connectivity index (χ3n) is 4.34. The molecule has 29 heavy (non-hydrogen) atoms. The lowest BCUT2D eigenvalue weighted by molar-refractivity contribution is -0.118. The van der Waals surface area contributed by atoms with Gasteiger partial charge in [-0.15, -0.1) is 0 Å². The van der Waals surface area contributed by atoms with E-state index in [4.69, 9.17) is 9.47 Å². The number of benzene rings is 2. The molecule has 1 unspecified atom stereocenters. The van der Waals surface area contributed by atoms with Crippen LogP contribution in [0.4, 0.5) is 5.69 Å². The van der Waals surface area contributed by atoms with Crippen LogP contribution in [0.1, 0.15) is 22.3 Å². The standard InChI is InChI=1S/C21H25BrN2O4S/c1-13-11-18(27-2)19(28-3)12-17(13)24-21(26)16(9-10-29-4)23-20(25)14-7-5-6-8-15(14)22/h5-8,11-12,16H,9-10H2,1-4H3,(H,23,25)(H,24,26). The third kappa shape index (κ3) is 6.14. The van der Waals surface area contributed by atoms with Gasteiger partial charge in [0.05, 0.1) is 19.8 Å². The highest BCUT2D eigenvalue weighted by Crippen LogP contribution is 2.33. The number of carbonyl (C=O) groups excluding carboxylic acids is 2. The first-order chi connectivity index (χ1) is 13.9. The Kier molecular flexibility index (Phi) is 8.85. The Morgan fingerprint density at radius 1 is 1.14 bits per heavy atom. The number of methoxy groups -OCH3 is 2. The van der Waals surface area contributed by atoms with E-state index in [1.165, 1.54) is 7.11 Å². The molecule has 0 heterocycles. The van der Waals surface area contributed by atoms with Gasteiger partial charge in [0.2, 0.25) is 5.91 Å². The van der Waals surface area contributed by atoms with Crippen molar-refractivity contribution in [3.63, 3.8) is 0 Å². The predicted molar refractivity (Wildman–Crippen MR) is 121 cm³/mol. The Morgan fingerprint density at radius 2 is 1.79 bits per heavy atom. The van der Waals surface area contributed by atoms with Crippen LogP contribution >= 0.6 is 27.7 Å². The number of aryl methyl sites for hydroxylation is 1. The predicted octanol–water partition coefficient (Wildman–Crippen LogP) is 4.26. The summed E-state index contributed by atoms with van der Waals surface area (Å²) in [6, 6.07) is 9.95. The van der Waals surface area contributed by atoms with Gasteiger partial charge in [0.15, 0.2) is 11.5 Å². The molecule has 0 aliphatic carbocycles. The molecule has 0 fully saturated rings. The quantitative estimate of drug-likeness (QED) is 0.560. The van der Waals surface area contributed by atoms with Gasteiger partial charge in [0.25, 0.3) is 5.91 Å². The molecule has 0 aromatic heterocycles. The van der Waals surface area contributed by atoms with Gasteiger partial charge in [0, 0.05) is 16.2 Å². The van der Waals surface area contributed by atoms with Crippen LogP contribution in [-0.2, 0) is 4.79 Å². The third-order valence-corrected chi connectivity index (χ3v) is 5.67. The van der Waals surface area contributed by atoms with Crippen molar-refractivity contribution in [2.24, 2.45) is 0 Å². The van der Waals surface area contributed by atoms with Crippen LogP contribution < -0.4 is 20.1 Å². The Hall–Kier alpha value is -2.19. The summed E-state index contributed by atoms with van der Waals surface area (Å²) in [4.78, 5) is 25.6. The summed E-state index contributed by atoms with van der Waals surface area (Å²) in [5, 5.41) is 5.76. The maximum absolute atomic E-state index is 13.0. The van der Waals surface area contributed by atoms with Gasteiger partial charge in [-0.25, -0.2) is 0 Å². The topological polar surface area (TPSA) is 76.7 Å². The van der Waals surface area contributed by atoms with E-state index in [0.29, 0.717) is 33.6 Å². The minimum Gasteiger partial charge on any atom is -0.493 e. The Morgan fingerprint density at radius 3 is 2.41 bits per heavy atom. The number of thioether (sulfide) groups is 1. The Balaban J connectivity index is 2.21. The normalized spacial score (nSPS) is 11.5. The number of hydrogen-bond acceptors (Lipinski definition) is 5. The van der Waals surface area contributed by atoms with Crippen LogP contribution in [0.2, 0.25) is 0 Å². The first-order valence-electron chi connectivity index (χ1n) is 8.99. The molecule has 156 valence electrons. The molecule has 2 amide bonds. The molecule has 0 spiro atoms. The highest BCUT2D eigenvalue weighted by atomic mass is 79.9. The summed E-state index contributed by atoms with van der Waals surface area (Å²) in [5.41, 5.74) is 1.92. The molecule has 0 bridgehead atoms.